The second-order valence-electron chi connectivity index (χ2n) is 8.01. The summed E-state index contributed by atoms with van der Waals surface area (Å²) in [5.74, 6) is 0.280. The van der Waals surface area contributed by atoms with Crippen LogP contribution in [0.5, 0.6) is 0 Å². The van der Waals surface area contributed by atoms with E-state index in [2.05, 4.69) is 50.2 Å². The highest BCUT2D eigenvalue weighted by atomic mass is 16.1. The SMILES string of the molecule is Cc1c(C#N)cnc(C(=O)NC2CCC3NNC(c4ccn(C)c4)C3C2)c1C. The molecule has 7 heteroatoms. The van der Waals surface area contributed by atoms with Crippen molar-refractivity contribution in [3.8, 4) is 6.07 Å². The predicted octanol–water partition coefficient (Wildman–Crippen LogP) is 2.02. The number of carbonyl (C=O) groups is 1. The number of nitriles is 1. The van der Waals surface area contributed by atoms with Crippen LogP contribution in [0, 0.1) is 31.1 Å². The smallest absolute Gasteiger partial charge is 0.270 e. The number of hydrogen-bond donors (Lipinski definition) is 3. The van der Waals surface area contributed by atoms with Crippen LogP contribution < -0.4 is 16.2 Å². The molecule has 4 unspecified atom stereocenters. The molecule has 1 saturated carbocycles. The van der Waals surface area contributed by atoms with Gasteiger partial charge in [0, 0.05) is 37.7 Å². The number of hydrogen-bond acceptors (Lipinski definition) is 5. The zero-order chi connectivity index (χ0) is 19.8. The molecule has 28 heavy (non-hydrogen) atoms. The van der Waals surface area contributed by atoms with Crippen molar-refractivity contribution in [3.05, 3.63) is 52.6 Å². The highest BCUT2D eigenvalue weighted by Gasteiger charge is 2.41. The molecule has 2 aromatic rings. The van der Waals surface area contributed by atoms with Crippen LogP contribution >= 0.6 is 0 Å². The van der Waals surface area contributed by atoms with E-state index < -0.39 is 0 Å². The van der Waals surface area contributed by atoms with Crippen LogP contribution in [0.1, 0.15) is 58.0 Å². The summed E-state index contributed by atoms with van der Waals surface area (Å²) in [6.45, 7) is 3.71. The molecule has 1 amide bonds. The van der Waals surface area contributed by atoms with Gasteiger partial charge in [0.2, 0.25) is 0 Å². The molecule has 1 aliphatic carbocycles. The van der Waals surface area contributed by atoms with Gasteiger partial charge in [0.1, 0.15) is 11.8 Å². The van der Waals surface area contributed by atoms with Crippen molar-refractivity contribution in [1.29, 1.82) is 5.26 Å². The van der Waals surface area contributed by atoms with Gasteiger partial charge in [0.15, 0.2) is 0 Å². The third kappa shape index (κ3) is 3.30. The van der Waals surface area contributed by atoms with Crippen molar-refractivity contribution in [2.24, 2.45) is 13.0 Å². The summed E-state index contributed by atoms with van der Waals surface area (Å²) >= 11 is 0. The van der Waals surface area contributed by atoms with Gasteiger partial charge in [-0.2, -0.15) is 5.26 Å². The normalized spacial score (nSPS) is 26.5. The van der Waals surface area contributed by atoms with Crippen LogP contribution in [0.15, 0.2) is 24.7 Å². The Hall–Kier alpha value is -2.69. The van der Waals surface area contributed by atoms with E-state index in [0.717, 1.165) is 30.4 Å². The van der Waals surface area contributed by atoms with Gasteiger partial charge in [-0.15, -0.1) is 0 Å². The Balaban J connectivity index is 1.47. The summed E-state index contributed by atoms with van der Waals surface area (Å²) in [6, 6.07) is 5.07. The minimum absolute atomic E-state index is 0.124. The van der Waals surface area contributed by atoms with Gasteiger partial charge in [0.05, 0.1) is 11.6 Å². The van der Waals surface area contributed by atoms with Crippen molar-refractivity contribution >= 4 is 5.91 Å². The molecule has 0 spiro atoms. The zero-order valence-electron chi connectivity index (χ0n) is 16.5. The van der Waals surface area contributed by atoms with Gasteiger partial charge in [0.25, 0.3) is 5.91 Å². The number of fused-ring (bicyclic) bond motifs is 1. The molecular weight excluding hydrogens is 352 g/mol. The maximum Gasteiger partial charge on any atom is 0.270 e. The van der Waals surface area contributed by atoms with Crippen molar-refractivity contribution < 1.29 is 4.79 Å². The van der Waals surface area contributed by atoms with E-state index in [4.69, 9.17) is 5.26 Å². The molecule has 4 atom stereocenters. The summed E-state index contributed by atoms with van der Waals surface area (Å²) in [5, 5.41) is 12.3. The molecule has 2 fully saturated rings. The fourth-order valence-corrected chi connectivity index (χ4v) is 4.53. The summed E-state index contributed by atoms with van der Waals surface area (Å²) in [5.41, 5.74) is 10.7. The van der Waals surface area contributed by atoms with Gasteiger partial charge in [-0.1, -0.05) is 0 Å². The van der Waals surface area contributed by atoms with E-state index in [0.29, 0.717) is 23.2 Å². The monoisotopic (exact) mass is 378 g/mol. The van der Waals surface area contributed by atoms with Gasteiger partial charge in [-0.05, 0) is 61.8 Å². The molecule has 2 aromatic heterocycles. The largest absolute Gasteiger partial charge is 0.357 e. The zero-order valence-corrected chi connectivity index (χ0v) is 16.5. The lowest BCUT2D eigenvalue weighted by Crippen LogP contribution is -2.44. The van der Waals surface area contributed by atoms with Crippen LogP contribution in [0.4, 0.5) is 0 Å². The molecule has 7 nitrogen and oxygen atoms in total. The number of carbonyl (C=O) groups excluding carboxylic acids is 1. The molecule has 2 aliphatic rings. The van der Waals surface area contributed by atoms with Crippen molar-refractivity contribution in [3.63, 3.8) is 0 Å². The lowest BCUT2D eigenvalue weighted by atomic mass is 9.77. The molecule has 1 aliphatic heterocycles. The molecule has 3 N–H and O–H groups in total. The van der Waals surface area contributed by atoms with E-state index in [1.807, 2.05) is 20.9 Å². The van der Waals surface area contributed by atoms with Crippen LogP contribution in [0.3, 0.4) is 0 Å². The summed E-state index contributed by atoms with van der Waals surface area (Å²) in [4.78, 5) is 17.1. The second-order valence-corrected chi connectivity index (χ2v) is 8.01. The molecule has 1 saturated heterocycles. The average molecular weight is 378 g/mol. The Labute approximate surface area is 165 Å². The fraction of sp³-hybridized carbons (Fsp3) is 0.476. The maximum atomic E-state index is 12.8. The van der Waals surface area contributed by atoms with E-state index in [-0.39, 0.29) is 18.0 Å². The standard InChI is InChI=1S/C21H26N6O/c1-12-13(2)19(23-10-15(12)9-22)21(28)24-16-4-5-18-17(8-16)20(26-25-18)14-6-7-27(3)11-14/h6-7,10-11,16-18,20,25-26H,4-5,8H2,1-3H3,(H,24,28). The number of pyridine rings is 1. The van der Waals surface area contributed by atoms with Crippen molar-refractivity contribution in [1.82, 2.24) is 25.7 Å². The summed E-state index contributed by atoms with van der Waals surface area (Å²) in [6.07, 6.45) is 8.58. The molecule has 4 rings (SSSR count). The van der Waals surface area contributed by atoms with Gasteiger partial charge in [-0.3, -0.25) is 10.2 Å². The minimum Gasteiger partial charge on any atom is -0.357 e. The van der Waals surface area contributed by atoms with Crippen LogP contribution in [-0.2, 0) is 7.05 Å². The van der Waals surface area contributed by atoms with Crippen LogP contribution in [-0.4, -0.2) is 27.5 Å². The predicted molar refractivity (Wildman–Crippen MR) is 105 cm³/mol. The molecular formula is C21H26N6O. The van der Waals surface area contributed by atoms with E-state index >= 15 is 0 Å². The first-order valence-electron chi connectivity index (χ1n) is 9.78. The number of aromatic nitrogens is 2. The van der Waals surface area contributed by atoms with Crippen LogP contribution in [0.2, 0.25) is 0 Å². The summed E-state index contributed by atoms with van der Waals surface area (Å²) < 4.78 is 2.06. The Morgan fingerprint density at radius 3 is 2.86 bits per heavy atom. The van der Waals surface area contributed by atoms with Gasteiger partial charge >= 0.3 is 0 Å². The molecule has 3 heterocycles. The van der Waals surface area contributed by atoms with E-state index in [9.17, 15) is 4.79 Å². The van der Waals surface area contributed by atoms with E-state index in [1.54, 1.807) is 0 Å². The number of amides is 1. The first-order valence-corrected chi connectivity index (χ1v) is 9.78. The van der Waals surface area contributed by atoms with Gasteiger partial charge in [-0.25, -0.2) is 10.4 Å². The Kier molecular flexibility index (Phi) is 4.92. The quantitative estimate of drug-likeness (QED) is 0.760. The molecule has 0 aromatic carbocycles. The van der Waals surface area contributed by atoms with Crippen molar-refractivity contribution in [2.45, 2.75) is 51.2 Å². The lowest BCUT2D eigenvalue weighted by molar-refractivity contribution is 0.0909. The third-order valence-electron chi connectivity index (χ3n) is 6.28. The first kappa shape index (κ1) is 18.7. The second kappa shape index (κ2) is 7.38. The Morgan fingerprint density at radius 1 is 1.32 bits per heavy atom. The summed E-state index contributed by atoms with van der Waals surface area (Å²) in [7, 11) is 2.03. The third-order valence-corrected chi connectivity index (χ3v) is 6.28. The average Bonchev–Trinajstić information content (AvgIpc) is 3.29. The van der Waals surface area contributed by atoms with Gasteiger partial charge < -0.3 is 9.88 Å². The number of nitrogens with zero attached hydrogens (tertiary/aromatic N) is 3. The molecule has 0 bridgehead atoms. The molecule has 0 radical (unpaired) electrons. The topological polar surface area (TPSA) is 94.8 Å². The number of hydrazine groups is 1. The maximum absolute atomic E-state index is 12.8. The molecule has 146 valence electrons. The number of aryl methyl sites for hydroxylation is 1. The lowest BCUT2D eigenvalue weighted by Gasteiger charge is -2.33. The minimum atomic E-state index is -0.149. The Bertz CT molecular complexity index is 943. The van der Waals surface area contributed by atoms with Crippen LogP contribution in [0.25, 0.3) is 0 Å². The number of nitrogens with one attached hydrogen (secondary N) is 3. The van der Waals surface area contributed by atoms with E-state index in [1.165, 1.54) is 11.8 Å². The van der Waals surface area contributed by atoms with Crippen molar-refractivity contribution in [2.75, 3.05) is 0 Å². The highest BCUT2D eigenvalue weighted by molar-refractivity contribution is 5.94. The highest BCUT2D eigenvalue weighted by Crippen LogP contribution is 2.38. The number of rotatable bonds is 3. The first-order chi connectivity index (χ1) is 13.5. The fourth-order valence-electron chi connectivity index (χ4n) is 4.53. The Morgan fingerprint density at radius 2 is 2.14 bits per heavy atom.